The van der Waals surface area contributed by atoms with Gasteiger partial charge in [0.05, 0.1) is 41.1 Å². The second kappa shape index (κ2) is 14.9. The van der Waals surface area contributed by atoms with Gasteiger partial charge in [0.2, 0.25) is 0 Å². The fourth-order valence-corrected chi connectivity index (χ4v) is 6.62. The normalized spacial score (nSPS) is 17.6. The number of ether oxygens (including phenoxy) is 2. The third-order valence-corrected chi connectivity index (χ3v) is 9.38. The summed E-state index contributed by atoms with van der Waals surface area (Å²) in [6, 6.07) is 37.5. The number of benzene rings is 4. The lowest BCUT2D eigenvalue weighted by Gasteiger charge is -2.36. The smallest absolute Gasteiger partial charge is 0.271 e. The van der Waals surface area contributed by atoms with E-state index in [2.05, 4.69) is 38.5 Å². The maximum atomic E-state index is 13.0. The zero-order valence-corrected chi connectivity index (χ0v) is 26.9. The highest BCUT2D eigenvalue weighted by Crippen LogP contribution is 2.40. The molecule has 3 atom stereocenters. The molecule has 1 amide bonds. The monoisotopic (exact) mass is 654 g/mol. The number of rotatable bonds is 10. The van der Waals surface area contributed by atoms with Gasteiger partial charge in [0.15, 0.2) is 6.29 Å². The number of para-hydroxylation sites is 2. The van der Waals surface area contributed by atoms with Crippen LogP contribution in [0.3, 0.4) is 0 Å². The van der Waals surface area contributed by atoms with Crippen LogP contribution in [0.15, 0.2) is 133 Å². The molecule has 6 aromatic rings. The predicted octanol–water partition coefficient (Wildman–Crippen LogP) is 7.45. The van der Waals surface area contributed by atoms with Crippen LogP contribution >= 0.6 is 11.8 Å². The predicted molar refractivity (Wildman–Crippen MR) is 186 cm³/mol. The van der Waals surface area contributed by atoms with Crippen molar-refractivity contribution < 1.29 is 19.4 Å². The second-order valence-electron chi connectivity index (χ2n) is 11.5. The van der Waals surface area contributed by atoms with Crippen LogP contribution in [0.5, 0.6) is 0 Å². The highest BCUT2D eigenvalue weighted by atomic mass is 32.2. The topological polar surface area (TPSA) is 106 Å². The van der Waals surface area contributed by atoms with Crippen LogP contribution in [-0.2, 0) is 22.6 Å². The van der Waals surface area contributed by atoms with Crippen molar-refractivity contribution >= 4 is 28.7 Å². The van der Waals surface area contributed by atoms with E-state index in [0.29, 0.717) is 18.5 Å². The molecule has 0 bridgehead atoms. The molecule has 1 aliphatic heterocycles. The molecule has 3 heterocycles. The minimum atomic E-state index is -0.553. The summed E-state index contributed by atoms with van der Waals surface area (Å²) < 4.78 is 13.1. The fraction of sp³-hybridized carbons (Fsp3) is 0.179. The van der Waals surface area contributed by atoms with Crippen molar-refractivity contribution in [3.63, 3.8) is 0 Å². The lowest BCUT2D eigenvalue weighted by molar-refractivity contribution is -0.245. The number of pyridine rings is 1. The van der Waals surface area contributed by atoms with Crippen LogP contribution < -0.4 is 5.32 Å². The van der Waals surface area contributed by atoms with Crippen molar-refractivity contribution in [3.8, 4) is 11.1 Å². The molecule has 4 aromatic carbocycles. The van der Waals surface area contributed by atoms with Crippen molar-refractivity contribution in [1.29, 1.82) is 0 Å². The van der Waals surface area contributed by atoms with Crippen molar-refractivity contribution in [2.45, 2.75) is 43.1 Å². The van der Waals surface area contributed by atoms with Crippen LogP contribution in [0.25, 0.3) is 22.2 Å². The quantitative estimate of drug-likeness (QED) is 0.147. The van der Waals surface area contributed by atoms with E-state index in [-0.39, 0.29) is 30.4 Å². The van der Waals surface area contributed by atoms with Gasteiger partial charge >= 0.3 is 0 Å². The molecule has 0 radical (unpaired) electrons. The van der Waals surface area contributed by atoms with Crippen molar-refractivity contribution in [2.75, 3.05) is 5.75 Å². The minimum Gasteiger partial charge on any atom is -0.392 e. The van der Waals surface area contributed by atoms with E-state index >= 15 is 0 Å². The molecule has 48 heavy (non-hydrogen) atoms. The van der Waals surface area contributed by atoms with E-state index in [1.165, 1.54) is 6.20 Å². The largest absolute Gasteiger partial charge is 0.392 e. The number of amides is 1. The van der Waals surface area contributed by atoms with Crippen molar-refractivity contribution in [2.24, 2.45) is 0 Å². The zero-order chi connectivity index (χ0) is 32.7. The van der Waals surface area contributed by atoms with Gasteiger partial charge in [0, 0.05) is 30.5 Å². The maximum absolute atomic E-state index is 13.0. The molecule has 0 aliphatic carbocycles. The van der Waals surface area contributed by atoms with E-state index in [1.807, 2.05) is 97.1 Å². The van der Waals surface area contributed by atoms with Crippen LogP contribution in [0.2, 0.25) is 0 Å². The third-order valence-electron chi connectivity index (χ3n) is 8.30. The molecule has 0 unspecified atom stereocenters. The fourth-order valence-electron chi connectivity index (χ4n) is 5.74. The Labute approximate surface area is 283 Å². The Kier molecular flexibility index (Phi) is 9.81. The molecule has 0 spiro atoms. The van der Waals surface area contributed by atoms with Gasteiger partial charge < -0.3 is 19.9 Å². The zero-order valence-electron chi connectivity index (χ0n) is 26.1. The summed E-state index contributed by atoms with van der Waals surface area (Å²) >= 11 is 1.67. The lowest BCUT2D eigenvalue weighted by atomic mass is 9.97. The van der Waals surface area contributed by atoms with E-state index in [9.17, 15) is 9.90 Å². The van der Waals surface area contributed by atoms with E-state index in [4.69, 9.17) is 9.47 Å². The molecule has 1 fully saturated rings. The first-order valence-corrected chi connectivity index (χ1v) is 16.8. The Morgan fingerprint density at radius 2 is 1.56 bits per heavy atom. The summed E-state index contributed by atoms with van der Waals surface area (Å²) in [6.07, 6.45) is 3.23. The lowest BCUT2D eigenvalue weighted by Crippen LogP contribution is -2.31. The standard InChI is InChI=1S/C39H34N4O4S/c44-24-26-12-14-28(15-13-26)36-21-31(25-48-37-11-5-6-20-40-37)46-39(47-36)29-18-16-27(17-19-29)32-8-2-1-7-30(32)22-42-38(45)35-23-41-33-9-3-4-10-34(33)43-35/h1-20,23,31,36,39,44H,21-22,24-25H2,(H,42,45)/t31-,36+,39+/m1/s1. The van der Waals surface area contributed by atoms with Gasteiger partial charge in [0.1, 0.15) is 5.69 Å². The first-order chi connectivity index (χ1) is 23.6. The number of nitrogens with one attached hydrogen (secondary N) is 1. The number of carbonyl (C=O) groups is 1. The number of hydrogen-bond acceptors (Lipinski definition) is 8. The SMILES string of the molecule is O=C(NCc1ccccc1-c1ccc([C@H]2O[C@@H](CSc3ccccn3)C[C@@H](c3ccc(CO)cc3)O2)cc1)c1cnc2ccccc2n1. The van der Waals surface area contributed by atoms with E-state index in [1.54, 1.807) is 18.0 Å². The van der Waals surface area contributed by atoms with Gasteiger partial charge in [-0.25, -0.2) is 9.97 Å². The Hall–Kier alpha value is -4.93. The number of nitrogens with zero attached hydrogens (tertiary/aromatic N) is 3. The number of fused-ring (bicyclic) bond motifs is 1. The third kappa shape index (κ3) is 7.45. The van der Waals surface area contributed by atoms with Gasteiger partial charge in [-0.15, -0.1) is 11.8 Å². The van der Waals surface area contributed by atoms with Crippen LogP contribution in [0.1, 0.15) is 51.6 Å². The highest BCUT2D eigenvalue weighted by Gasteiger charge is 2.32. The Morgan fingerprint density at radius 1 is 0.812 bits per heavy atom. The van der Waals surface area contributed by atoms with Crippen molar-refractivity contribution in [3.05, 3.63) is 156 Å². The number of thioether (sulfide) groups is 1. The Balaban J connectivity index is 1.07. The number of aliphatic hydroxyl groups excluding tert-OH is 1. The van der Waals surface area contributed by atoms with Gasteiger partial charge in [0.25, 0.3) is 5.91 Å². The second-order valence-corrected chi connectivity index (χ2v) is 12.6. The molecular formula is C39H34N4O4S. The molecule has 2 N–H and O–H groups in total. The molecule has 7 rings (SSSR count). The van der Waals surface area contributed by atoms with Crippen LogP contribution in [0.4, 0.5) is 0 Å². The van der Waals surface area contributed by atoms with E-state index in [0.717, 1.165) is 49.7 Å². The molecule has 2 aromatic heterocycles. The van der Waals surface area contributed by atoms with Gasteiger partial charge in [-0.05, 0) is 52.1 Å². The van der Waals surface area contributed by atoms with Crippen LogP contribution in [-0.4, -0.2) is 37.8 Å². The number of carbonyl (C=O) groups excluding carboxylic acids is 1. The minimum absolute atomic E-state index is 0.00185. The Morgan fingerprint density at radius 3 is 2.35 bits per heavy atom. The molecular weight excluding hydrogens is 621 g/mol. The number of aromatic nitrogens is 3. The van der Waals surface area contributed by atoms with Crippen molar-refractivity contribution in [1.82, 2.24) is 20.3 Å². The van der Waals surface area contributed by atoms with Gasteiger partial charge in [-0.2, -0.15) is 0 Å². The first-order valence-electron chi connectivity index (χ1n) is 15.9. The summed E-state index contributed by atoms with van der Waals surface area (Å²) in [5.74, 6) is 0.464. The van der Waals surface area contributed by atoms with E-state index < -0.39 is 6.29 Å². The maximum Gasteiger partial charge on any atom is 0.271 e. The molecule has 1 saturated heterocycles. The summed E-state index contributed by atoms with van der Waals surface area (Å²) in [5.41, 5.74) is 7.56. The molecule has 240 valence electrons. The average Bonchev–Trinajstić information content (AvgIpc) is 3.16. The molecule has 0 saturated carbocycles. The Bertz CT molecular complexity index is 1990. The average molecular weight is 655 g/mol. The summed E-state index contributed by atoms with van der Waals surface area (Å²) in [6.45, 7) is 0.342. The summed E-state index contributed by atoms with van der Waals surface area (Å²) in [7, 11) is 0. The van der Waals surface area contributed by atoms with Gasteiger partial charge in [-0.1, -0.05) is 91.0 Å². The molecule has 9 heteroatoms. The molecule has 8 nitrogen and oxygen atoms in total. The first kappa shape index (κ1) is 31.7. The number of aliphatic hydroxyl groups is 1. The van der Waals surface area contributed by atoms with Crippen LogP contribution in [0, 0.1) is 0 Å². The number of hydrogen-bond donors (Lipinski definition) is 2. The summed E-state index contributed by atoms with van der Waals surface area (Å²) in [5, 5.41) is 13.5. The highest BCUT2D eigenvalue weighted by molar-refractivity contribution is 7.99. The molecule has 1 aliphatic rings. The van der Waals surface area contributed by atoms with Gasteiger partial charge in [-0.3, -0.25) is 9.78 Å². The summed E-state index contributed by atoms with van der Waals surface area (Å²) in [4.78, 5) is 26.3.